The minimum atomic E-state index is -0.848. The van der Waals surface area contributed by atoms with Crippen molar-refractivity contribution in [2.24, 2.45) is 0 Å². The van der Waals surface area contributed by atoms with Gasteiger partial charge in [0.2, 0.25) is 0 Å². The lowest BCUT2D eigenvalue weighted by atomic mass is 9.77. The minimum absolute atomic E-state index is 0.00908. The first-order valence-corrected chi connectivity index (χ1v) is 7.62. The van der Waals surface area contributed by atoms with Crippen LogP contribution in [-0.2, 0) is 5.60 Å². The molecule has 0 aliphatic heterocycles. The lowest BCUT2D eigenvalue weighted by Crippen LogP contribution is -2.30. The van der Waals surface area contributed by atoms with E-state index in [0.29, 0.717) is 11.1 Å². The van der Waals surface area contributed by atoms with Gasteiger partial charge in [-0.3, -0.25) is 4.79 Å². The Labute approximate surface area is 125 Å². The highest BCUT2D eigenvalue weighted by atomic mass is 16.3. The van der Waals surface area contributed by atoms with Crippen LogP contribution in [0.1, 0.15) is 53.6 Å². The summed E-state index contributed by atoms with van der Waals surface area (Å²) < 4.78 is 0. The van der Waals surface area contributed by atoms with Gasteiger partial charge in [0.05, 0.1) is 5.60 Å². The number of benzene rings is 2. The van der Waals surface area contributed by atoms with E-state index in [9.17, 15) is 9.90 Å². The number of hydrogen-bond acceptors (Lipinski definition) is 2. The summed E-state index contributed by atoms with van der Waals surface area (Å²) in [6.45, 7) is 0. The fraction of sp³-hybridized carbons (Fsp3) is 0.316. The normalized spacial score (nSPS) is 17.4. The Kier molecular flexibility index (Phi) is 3.89. The molecule has 1 N–H and O–H groups in total. The van der Waals surface area contributed by atoms with Crippen molar-refractivity contribution in [1.29, 1.82) is 0 Å². The van der Waals surface area contributed by atoms with Crippen LogP contribution >= 0.6 is 0 Å². The number of ketones is 1. The topological polar surface area (TPSA) is 37.3 Å². The second kappa shape index (κ2) is 5.82. The first-order valence-electron chi connectivity index (χ1n) is 7.62. The summed E-state index contributed by atoms with van der Waals surface area (Å²) in [7, 11) is 0. The molecule has 108 valence electrons. The highest BCUT2D eigenvalue weighted by Gasteiger charge is 2.34. The highest BCUT2D eigenvalue weighted by Crippen LogP contribution is 2.38. The van der Waals surface area contributed by atoms with E-state index in [1.54, 1.807) is 0 Å². The zero-order chi connectivity index (χ0) is 14.7. The molecule has 1 saturated carbocycles. The van der Waals surface area contributed by atoms with E-state index < -0.39 is 5.60 Å². The third kappa shape index (κ3) is 2.77. The monoisotopic (exact) mass is 280 g/mol. The van der Waals surface area contributed by atoms with Gasteiger partial charge < -0.3 is 5.11 Å². The molecule has 2 heteroatoms. The third-order valence-electron chi connectivity index (χ3n) is 4.39. The molecule has 1 aliphatic rings. The van der Waals surface area contributed by atoms with E-state index in [0.717, 1.165) is 37.7 Å². The second-order valence-electron chi connectivity index (χ2n) is 5.83. The van der Waals surface area contributed by atoms with Crippen LogP contribution in [0.25, 0.3) is 0 Å². The standard InChI is InChI=1S/C19H20O2/c20-18(15-9-3-1-4-10-15)16-11-5-6-12-17(16)19(21)13-7-2-8-14-19/h1,3-6,9-12,21H,2,7-8,13-14H2. The lowest BCUT2D eigenvalue weighted by molar-refractivity contribution is -0.00126. The summed E-state index contributed by atoms with van der Waals surface area (Å²) in [4.78, 5) is 12.7. The maximum Gasteiger partial charge on any atom is 0.193 e. The summed E-state index contributed by atoms with van der Waals surface area (Å²) in [5, 5.41) is 11.0. The Morgan fingerprint density at radius 2 is 1.48 bits per heavy atom. The lowest BCUT2D eigenvalue weighted by Gasteiger charge is -2.33. The van der Waals surface area contributed by atoms with E-state index in [2.05, 4.69) is 0 Å². The Balaban J connectivity index is 2.02. The molecule has 0 radical (unpaired) electrons. The summed E-state index contributed by atoms with van der Waals surface area (Å²) in [6, 6.07) is 16.8. The van der Waals surface area contributed by atoms with Gasteiger partial charge in [-0.2, -0.15) is 0 Å². The molecular formula is C19H20O2. The second-order valence-corrected chi connectivity index (χ2v) is 5.83. The van der Waals surface area contributed by atoms with E-state index in [4.69, 9.17) is 0 Å². The van der Waals surface area contributed by atoms with Gasteiger partial charge in [0.25, 0.3) is 0 Å². The van der Waals surface area contributed by atoms with Gasteiger partial charge in [-0.25, -0.2) is 0 Å². The summed E-state index contributed by atoms with van der Waals surface area (Å²) in [5.41, 5.74) is 1.25. The molecule has 0 spiro atoms. The van der Waals surface area contributed by atoms with Crippen molar-refractivity contribution in [2.45, 2.75) is 37.7 Å². The van der Waals surface area contributed by atoms with Crippen LogP contribution in [0.4, 0.5) is 0 Å². The van der Waals surface area contributed by atoms with Crippen molar-refractivity contribution in [3.8, 4) is 0 Å². The van der Waals surface area contributed by atoms with Crippen LogP contribution in [-0.4, -0.2) is 10.9 Å². The molecule has 0 heterocycles. The molecule has 2 aromatic carbocycles. The van der Waals surface area contributed by atoms with Gasteiger partial charge >= 0.3 is 0 Å². The fourth-order valence-corrected chi connectivity index (χ4v) is 3.24. The molecule has 21 heavy (non-hydrogen) atoms. The molecular weight excluding hydrogens is 260 g/mol. The van der Waals surface area contributed by atoms with Crippen molar-refractivity contribution >= 4 is 5.78 Å². The summed E-state index contributed by atoms with van der Waals surface area (Å²) in [6.07, 6.45) is 4.68. The van der Waals surface area contributed by atoms with Gasteiger partial charge in [0.15, 0.2) is 5.78 Å². The molecule has 2 aromatic rings. The largest absolute Gasteiger partial charge is 0.385 e. The fourth-order valence-electron chi connectivity index (χ4n) is 3.24. The molecule has 0 aromatic heterocycles. The average Bonchev–Trinajstić information content (AvgIpc) is 2.56. The maximum atomic E-state index is 12.7. The van der Waals surface area contributed by atoms with Crippen molar-refractivity contribution in [2.75, 3.05) is 0 Å². The van der Waals surface area contributed by atoms with Crippen LogP contribution in [0, 0.1) is 0 Å². The van der Waals surface area contributed by atoms with E-state index in [1.807, 2.05) is 54.6 Å². The zero-order valence-electron chi connectivity index (χ0n) is 12.1. The van der Waals surface area contributed by atoms with Crippen LogP contribution in [0.5, 0.6) is 0 Å². The molecule has 0 saturated heterocycles. The van der Waals surface area contributed by atoms with Crippen LogP contribution in [0.3, 0.4) is 0 Å². The van der Waals surface area contributed by atoms with Crippen molar-refractivity contribution in [3.05, 3.63) is 71.3 Å². The smallest absolute Gasteiger partial charge is 0.193 e. The number of rotatable bonds is 3. The van der Waals surface area contributed by atoms with Crippen molar-refractivity contribution < 1.29 is 9.90 Å². The van der Waals surface area contributed by atoms with Gasteiger partial charge in [-0.1, -0.05) is 73.9 Å². The van der Waals surface area contributed by atoms with E-state index in [1.165, 1.54) is 0 Å². The van der Waals surface area contributed by atoms with Crippen LogP contribution < -0.4 is 0 Å². The molecule has 3 rings (SSSR count). The molecule has 2 nitrogen and oxygen atoms in total. The van der Waals surface area contributed by atoms with Crippen molar-refractivity contribution in [3.63, 3.8) is 0 Å². The van der Waals surface area contributed by atoms with Gasteiger partial charge in [0, 0.05) is 11.1 Å². The molecule has 0 atom stereocenters. The van der Waals surface area contributed by atoms with Gasteiger partial charge in [-0.15, -0.1) is 0 Å². The van der Waals surface area contributed by atoms with Gasteiger partial charge in [-0.05, 0) is 18.4 Å². The quantitative estimate of drug-likeness (QED) is 0.861. The number of carbonyl (C=O) groups is 1. The van der Waals surface area contributed by atoms with Gasteiger partial charge in [0.1, 0.15) is 0 Å². The molecule has 0 bridgehead atoms. The first-order chi connectivity index (χ1) is 10.2. The van der Waals surface area contributed by atoms with Crippen LogP contribution in [0.2, 0.25) is 0 Å². The molecule has 1 aliphatic carbocycles. The third-order valence-corrected chi connectivity index (χ3v) is 4.39. The number of carbonyl (C=O) groups excluding carboxylic acids is 1. The number of aliphatic hydroxyl groups is 1. The average molecular weight is 280 g/mol. The highest BCUT2D eigenvalue weighted by molar-refractivity contribution is 6.10. The number of hydrogen-bond donors (Lipinski definition) is 1. The minimum Gasteiger partial charge on any atom is -0.385 e. The predicted molar refractivity (Wildman–Crippen MR) is 83.3 cm³/mol. The Morgan fingerprint density at radius 1 is 0.857 bits per heavy atom. The Hall–Kier alpha value is -1.93. The van der Waals surface area contributed by atoms with Crippen LogP contribution in [0.15, 0.2) is 54.6 Å². The molecule has 0 unspecified atom stereocenters. The predicted octanol–water partition coefficient (Wildman–Crippen LogP) is 4.07. The van der Waals surface area contributed by atoms with Crippen molar-refractivity contribution in [1.82, 2.24) is 0 Å². The van der Waals surface area contributed by atoms with E-state index >= 15 is 0 Å². The molecule has 1 fully saturated rings. The zero-order valence-corrected chi connectivity index (χ0v) is 12.1. The first kappa shape index (κ1) is 14.0. The Morgan fingerprint density at radius 3 is 2.19 bits per heavy atom. The summed E-state index contributed by atoms with van der Waals surface area (Å²) in [5.74, 6) is -0.00908. The SMILES string of the molecule is O=C(c1ccccc1)c1ccccc1C1(O)CCCCC1. The summed E-state index contributed by atoms with van der Waals surface area (Å²) >= 11 is 0. The Bertz CT molecular complexity index is 625. The molecule has 0 amide bonds. The maximum absolute atomic E-state index is 12.7. The van der Waals surface area contributed by atoms with E-state index in [-0.39, 0.29) is 5.78 Å².